The van der Waals surface area contributed by atoms with Gasteiger partial charge in [0, 0.05) is 13.0 Å². The molecule has 0 bridgehead atoms. The van der Waals surface area contributed by atoms with Gasteiger partial charge in [0.2, 0.25) is 5.91 Å². The van der Waals surface area contributed by atoms with Gasteiger partial charge >= 0.3 is 5.97 Å². The van der Waals surface area contributed by atoms with Gasteiger partial charge < -0.3 is 15.1 Å². The highest BCUT2D eigenvalue weighted by atomic mass is 16.4. The van der Waals surface area contributed by atoms with Gasteiger partial charge in [-0.25, -0.2) is 4.79 Å². The van der Waals surface area contributed by atoms with Crippen LogP contribution < -0.4 is 0 Å². The van der Waals surface area contributed by atoms with Gasteiger partial charge in [-0.15, -0.1) is 6.58 Å². The Morgan fingerprint density at radius 3 is 2.64 bits per heavy atom. The predicted molar refractivity (Wildman–Crippen MR) is 48.6 cm³/mol. The topological polar surface area (TPSA) is 77.8 Å². The lowest BCUT2D eigenvalue weighted by Gasteiger charge is -2.26. The van der Waals surface area contributed by atoms with E-state index in [1.807, 2.05) is 0 Å². The maximum Gasteiger partial charge on any atom is 0.329 e. The minimum absolute atomic E-state index is 0.224. The zero-order valence-electron chi connectivity index (χ0n) is 7.72. The van der Waals surface area contributed by atoms with E-state index >= 15 is 0 Å². The summed E-state index contributed by atoms with van der Waals surface area (Å²) >= 11 is 0. The minimum Gasteiger partial charge on any atom is -0.480 e. The number of aliphatic hydroxyl groups excluding tert-OH is 1. The molecule has 0 aromatic heterocycles. The summed E-state index contributed by atoms with van der Waals surface area (Å²) in [5.74, 6) is -1.43. The molecular weight excluding hydrogens is 186 g/mol. The molecule has 1 aliphatic heterocycles. The average Bonchev–Trinajstić information content (AvgIpc) is 2.52. The predicted octanol–water partition coefficient (Wildman–Crippen LogP) is -0.391. The first-order valence-electron chi connectivity index (χ1n) is 4.41. The fourth-order valence-corrected chi connectivity index (χ4v) is 1.56. The standard InChI is InChI=1S/C9H13NO4/c1-2-6(11)8(9(13)14)10-5-3-4-7(10)12/h2,6,8,11H,1,3-5H2,(H,13,14). The summed E-state index contributed by atoms with van der Waals surface area (Å²) in [7, 11) is 0. The summed E-state index contributed by atoms with van der Waals surface area (Å²) in [5, 5.41) is 18.2. The molecular formula is C9H13NO4. The second-order valence-electron chi connectivity index (χ2n) is 3.20. The van der Waals surface area contributed by atoms with E-state index in [2.05, 4.69) is 6.58 Å². The van der Waals surface area contributed by atoms with Gasteiger partial charge in [-0.05, 0) is 6.42 Å². The number of likely N-dealkylation sites (tertiary alicyclic amines) is 1. The molecule has 5 heteroatoms. The fourth-order valence-electron chi connectivity index (χ4n) is 1.56. The molecule has 1 fully saturated rings. The summed E-state index contributed by atoms with van der Waals surface area (Å²) < 4.78 is 0. The van der Waals surface area contributed by atoms with E-state index in [0.29, 0.717) is 19.4 Å². The number of carboxylic acid groups (broad SMARTS) is 1. The van der Waals surface area contributed by atoms with Crippen molar-refractivity contribution in [2.24, 2.45) is 0 Å². The van der Waals surface area contributed by atoms with Crippen LogP contribution in [0.5, 0.6) is 0 Å². The number of carboxylic acids is 1. The van der Waals surface area contributed by atoms with Crippen molar-refractivity contribution in [3.63, 3.8) is 0 Å². The van der Waals surface area contributed by atoms with E-state index < -0.39 is 18.1 Å². The third-order valence-electron chi connectivity index (χ3n) is 2.26. The van der Waals surface area contributed by atoms with Gasteiger partial charge in [0.1, 0.15) is 6.10 Å². The molecule has 1 amide bonds. The van der Waals surface area contributed by atoms with Crippen LogP contribution >= 0.6 is 0 Å². The molecule has 0 aromatic carbocycles. The molecule has 78 valence electrons. The molecule has 0 aliphatic carbocycles. The Morgan fingerprint density at radius 2 is 2.29 bits per heavy atom. The van der Waals surface area contributed by atoms with E-state index in [0.717, 1.165) is 6.08 Å². The smallest absolute Gasteiger partial charge is 0.329 e. The summed E-state index contributed by atoms with van der Waals surface area (Å²) in [6.45, 7) is 3.70. The first-order chi connectivity index (χ1) is 6.57. The number of aliphatic carboxylic acids is 1. The maximum atomic E-state index is 11.3. The van der Waals surface area contributed by atoms with Crippen LogP contribution in [0.15, 0.2) is 12.7 Å². The largest absolute Gasteiger partial charge is 0.480 e. The Kier molecular flexibility index (Phi) is 3.24. The van der Waals surface area contributed by atoms with E-state index in [1.165, 1.54) is 4.90 Å². The van der Waals surface area contributed by atoms with Crippen molar-refractivity contribution < 1.29 is 19.8 Å². The molecule has 2 unspecified atom stereocenters. The van der Waals surface area contributed by atoms with E-state index in [1.54, 1.807) is 0 Å². The summed E-state index contributed by atoms with van der Waals surface area (Å²) in [4.78, 5) is 23.3. The van der Waals surface area contributed by atoms with E-state index in [-0.39, 0.29) is 5.91 Å². The normalized spacial score (nSPS) is 20.6. The summed E-state index contributed by atoms with van der Waals surface area (Å²) in [6.07, 6.45) is 0.916. The van der Waals surface area contributed by atoms with Crippen LogP contribution in [0.1, 0.15) is 12.8 Å². The summed E-state index contributed by atoms with van der Waals surface area (Å²) in [5.41, 5.74) is 0. The number of aliphatic hydroxyl groups is 1. The van der Waals surface area contributed by atoms with Crippen molar-refractivity contribution in [2.75, 3.05) is 6.54 Å². The second kappa shape index (κ2) is 4.23. The molecule has 1 rings (SSSR count). The van der Waals surface area contributed by atoms with Crippen molar-refractivity contribution >= 4 is 11.9 Å². The van der Waals surface area contributed by atoms with Gasteiger partial charge in [-0.2, -0.15) is 0 Å². The first kappa shape index (κ1) is 10.7. The molecule has 2 atom stereocenters. The Bertz CT molecular complexity index is 264. The summed E-state index contributed by atoms with van der Waals surface area (Å²) in [6, 6.07) is -1.19. The Hall–Kier alpha value is -1.36. The molecule has 2 N–H and O–H groups in total. The molecule has 0 radical (unpaired) electrons. The minimum atomic E-state index is -1.21. The van der Waals surface area contributed by atoms with Crippen LogP contribution in [0.25, 0.3) is 0 Å². The molecule has 1 saturated heterocycles. The number of hydrogen-bond donors (Lipinski definition) is 2. The van der Waals surface area contributed by atoms with Crippen molar-refractivity contribution in [1.29, 1.82) is 0 Å². The third kappa shape index (κ3) is 1.93. The number of carbonyl (C=O) groups is 2. The fraction of sp³-hybridized carbons (Fsp3) is 0.556. The highest BCUT2D eigenvalue weighted by molar-refractivity contribution is 5.85. The number of rotatable bonds is 4. The lowest BCUT2D eigenvalue weighted by molar-refractivity contribution is -0.151. The van der Waals surface area contributed by atoms with E-state index in [4.69, 9.17) is 5.11 Å². The van der Waals surface area contributed by atoms with Crippen molar-refractivity contribution in [1.82, 2.24) is 4.90 Å². The molecule has 0 saturated carbocycles. The number of carbonyl (C=O) groups excluding carboxylic acids is 1. The van der Waals surface area contributed by atoms with Gasteiger partial charge in [0.15, 0.2) is 6.04 Å². The van der Waals surface area contributed by atoms with Crippen LogP contribution in [-0.2, 0) is 9.59 Å². The number of amides is 1. The van der Waals surface area contributed by atoms with Gasteiger partial charge in [0.25, 0.3) is 0 Å². The second-order valence-corrected chi connectivity index (χ2v) is 3.20. The molecule has 14 heavy (non-hydrogen) atoms. The monoisotopic (exact) mass is 199 g/mol. The van der Waals surface area contributed by atoms with Crippen LogP contribution in [0.3, 0.4) is 0 Å². The van der Waals surface area contributed by atoms with Crippen molar-refractivity contribution in [3.8, 4) is 0 Å². The lowest BCUT2D eigenvalue weighted by atomic mass is 10.1. The highest BCUT2D eigenvalue weighted by Crippen LogP contribution is 2.16. The zero-order chi connectivity index (χ0) is 10.7. The maximum absolute atomic E-state index is 11.3. The van der Waals surface area contributed by atoms with Crippen LogP contribution in [0.2, 0.25) is 0 Å². The van der Waals surface area contributed by atoms with E-state index in [9.17, 15) is 14.7 Å². The highest BCUT2D eigenvalue weighted by Gasteiger charge is 2.36. The molecule has 5 nitrogen and oxygen atoms in total. The molecule has 1 heterocycles. The SMILES string of the molecule is C=CC(O)C(C(=O)O)N1CCCC1=O. The number of hydrogen-bond acceptors (Lipinski definition) is 3. The first-order valence-corrected chi connectivity index (χ1v) is 4.41. The van der Waals surface area contributed by atoms with Crippen LogP contribution in [-0.4, -0.2) is 45.7 Å². The van der Waals surface area contributed by atoms with Crippen molar-refractivity contribution in [3.05, 3.63) is 12.7 Å². The number of nitrogens with zero attached hydrogens (tertiary/aromatic N) is 1. The van der Waals surface area contributed by atoms with Crippen LogP contribution in [0.4, 0.5) is 0 Å². The van der Waals surface area contributed by atoms with Gasteiger partial charge in [0.05, 0.1) is 0 Å². The quantitative estimate of drug-likeness (QED) is 0.604. The molecule has 0 aromatic rings. The van der Waals surface area contributed by atoms with Crippen LogP contribution in [0, 0.1) is 0 Å². The van der Waals surface area contributed by atoms with Crippen molar-refractivity contribution in [2.45, 2.75) is 25.0 Å². The molecule has 1 aliphatic rings. The van der Waals surface area contributed by atoms with Gasteiger partial charge in [-0.1, -0.05) is 6.08 Å². The third-order valence-corrected chi connectivity index (χ3v) is 2.26. The Labute approximate surface area is 81.6 Å². The lowest BCUT2D eigenvalue weighted by Crippen LogP contribution is -2.48. The Balaban J connectivity index is 2.81. The van der Waals surface area contributed by atoms with Gasteiger partial charge in [-0.3, -0.25) is 4.79 Å². The zero-order valence-corrected chi connectivity index (χ0v) is 7.72. The molecule has 0 spiro atoms. The Morgan fingerprint density at radius 1 is 1.64 bits per heavy atom. The average molecular weight is 199 g/mol.